The highest BCUT2D eigenvalue weighted by Crippen LogP contribution is 2.38. The fourth-order valence-corrected chi connectivity index (χ4v) is 3.34. The van der Waals surface area contributed by atoms with Crippen LogP contribution in [-0.2, 0) is 12.6 Å². The number of halogens is 5. The van der Waals surface area contributed by atoms with Crippen molar-refractivity contribution in [2.24, 2.45) is 5.92 Å². The van der Waals surface area contributed by atoms with E-state index in [1.165, 1.54) is 6.07 Å². The molecule has 0 unspecified atom stereocenters. The minimum Gasteiger partial charge on any atom is -0.478 e. The normalized spacial score (nSPS) is 12.2. The topological polar surface area (TPSA) is 85.1 Å². The number of hydrogen-bond acceptors (Lipinski definition) is 4. The summed E-state index contributed by atoms with van der Waals surface area (Å²) >= 11 is 0. The van der Waals surface area contributed by atoms with Crippen LogP contribution in [0, 0.1) is 5.92 Å². The molecule has 3 aromatic rings. The van der Waals surface area contributed by atoms with Crippen LogP contribution in [0.4, 0.5) is 22.0 Å². The first kappa shape index (κ1) is 22.3. The molecule has 0 saturated carbocycles. The molecule has 0 saturated heterocycles. The highest BCUT2D eigenvalue weighted by atomic mass is 19.4. The summed E-state index contributed by atoms with van der Waals surface area (Å²) in [6.45, 7) is 3.12. The van der Waals surface area contributed by atoms with E-state index in [0.29, 0.717) is 5.52 Å². The number of para-hydroxylation sites is 2. The summed E-state index contributed by atoms with van der Waals surface area (Å²) in [6, 6.07) is 6.21. The van der Waals surface area contributed by atoms with Gasteiger partial charge >= 0.3 is 12.1 Å². The number of carbonyl (C=O) groups is 2. The third kappa shape index (κ3) is 4.12. The second-order valence-corrected chi connectivity index (χ2v) is 7.18. The van der Waals surface area contributed by atoms with Gasteiger partial charge in [-0.2, -0.15) is 13.2 Å². The number of alkyl halides is 5. The Kier molecular flexibility index (Phi) is 5.79. The molecule has 31 heavy (non-hydrogen) atoms. The Morgan fingerprint density at radius 2 is 1.77 bits per heavy atom. The predicted molar refractivity (Wildman–Crippen MR) is 99.2 cm³/mol. The van der Waals surface area contributed by atoms with Crippen LogP contribution in [0.5, 0.6) is 0 Å². The van der Waals surface area contributed by atoms with E-state index in [-0.39, 0.29) is 11.9 Å². The molecule has 0 radical (unpaired) electrons. The molecule has 1 N–H and O–H groups in total. The summed E-state index contributed by atoms with van der Waals surface area (Å²) < 4.78 is 69.0. The lowest BCUT2D eigenvalue weighted by molar-refractivity contribution is -0.142. The van der Waals surface area contributed by atoms with Gasteiger partial charge in [-0.15, -0.1) is 0 Å². The molecule has 0 amide bonds. The minimum absolute atomic E-state index is 0.222. The van der Waals surface area contributed by atoms with E-state index in [0.717, 1.165) is 10.9 Å². The van der Waals surface area contributed by atoms with Gasteiger partial charge in [0.2, 0.25) is 0 Å². The molecule has 0 atom stereocenters. The van der Waals surface area contributed by atoms with Gasteiger partial charge in [-0.05, 0) is 30.0 Å². The average Bonchev–Trinajstić information content (AvgIpc) is 3.09. The van der Waals surface area contributed by atoms with Crippen molar-refractivity contribution in [2.45, 2.75) is 32.9 Å². The Hall–Kier alpha value is -3.37. The largest absolute Gasteiger partial charge is 0.478 e. The van der Waals surface area contributed by atoms with Gasteiger partial charge in [0.15, 0.2) is 5.69 Å². The molecule has 2 aromatic heterocycles. The first-order valence-corrected chi connectivity index (χ1v) is 9.05. The molecule has 0 aliphatic heterocycles. The van der Waals surface area contributed by atoms with Crippen molar-refractivity contribution in [3.63, 3.8) is 0 Å². The highest BCUT2D eigenvalue weighted by Gasteiger charge is 2.42. The molecule has 1 aromatic carbocycles. The Bertz CT molecular complexity index is 1170. The quantitative estimate of drug-likeness (QED) is 0.565. The van der Waals surface area contributed by atoms with Gasteiger partial charge in [0.25, 0.3) is 12.3 Å². The van der Waals surface area contributed by atoms with E-state index < -0.39 is 58.5 Å². The number of carboxylic acids is 1. The lowest BCUT2D eigenvalue weighted by Crippen LogP contribution is -2.26. The van der Waals surface area contributed by atoms with Crippen LogP contribution in [0.3, 0.4) is 0 Å². The van der Waals surface area contributed by atoms with Gasteiger partial charge < -0.3 is 5.11 Å². The molecule has 0 aliphatic rings. The summed E-state index contributed by atoms with van der Waals surface area (Å²) in [4.78, 5) is 31.9. The van der Waals surface area contributed by atoms with Crippen molar-refractivity contribution < 1.29 is 36.6 Å². The molecule has 0 fully saturated rings. The fourth-order valence-electron chi connectivity index (χ4n) is 3.34. The minimum atomic E-state index is -5.31. The van der Waals surface area contributed by atoms with E-state index >= 15 is 0 Å². The summed E-state index contributed by atoms with van der Waals surface area (Å²) in [5.74, 6) is -3.60. The number of benzene rings is 1. The van der Waals surface area contributed by atoms with Gasteiger partial charge in [0, 0.05) is 0 Å². The van der Waals surface area contributed by atoms with Crippen molar-refractivity contribution >= 4 is 22.9 Å². The summed E-state index contributed by atoms with van der Waals surface area (Å²) in [6.07, 6.45) is -8.18. The third-order valence-electron chi connectivity index (χ3n) is 4.52. The van der Waals surface area contributed by atoms with E-state index in [1.54, 1.807) is 32.0 Å². The molecule has 3 rings (SSSR count). The van der Waals surface area contributed by atoms with Gasteiger partial charge in [0.05, 0.1) is 22.2 Å². The standard InChI is InChI=1S/C20H16F5N3O3/c1-9(2)7-10-13(18(29)28-8-26-11-5-3-4-6-12(11)28)15(17(21)22)27-16(20(23,24)25)14(10)19(30)31/h3-6,8-9,17H,7H2,1-2H3,(H,30,31). The van der Waals surface area contributed by atoms with Crippen molar-refractivity contribution in [1.82, 2.24) is 14.5 Å². The Morgan fingerprint density at radius 1 is 1.13 bits per heavy atom. The number of imidazole rings is 1. The molecule has 6 nitrogen and oxygen atoms in total. The van der Waals surface area contributed by atoms with Gasteiger partial charge in [-0.3, -0.25) is 9.36 Å². The third-order valence-corrected chi connectivity index (χ3v) is 4.52. The molecule has 164 valence electrons. The highest BCUT2D eigenvalue weighted by molar-refractivity contribution is 6.05. The first-order valence-electron chi connectivity index (χ1n) is 9.05. The molecule has 0 spiro atoms. The number of fused-ring (bicyclic) bond motifs is 1. The number of pyridine rings is 1. The zero-order valence-corrected chi connectivity index (χ0v) is 16.2. The number of aromatic carboxylic acids is 1. The molecule has 0 aliphatic carbocycles. The van der Waals surface area contributed by atoms with E-state index in [2.05, 4.69) is 9.97 Å². The van der Waals surface area contributed by atoms with Gasteiger partial charge in [0.1, 0.15) is 12.0 Å². The number of carboxylic acid groups (broad SMARTS) is 1. The van der Waals surface area contributed by atoms with E-state index in [1.807, 2.05) is 0 Å². The van der Waals surface area contributed by atoms with Crippen LogP contribution in [0.25, 0.3) is 11.0 Å². The van der Waals surface area contributed by atoms with Crippen LogP contribution in [0.1, 0.15) is 57.9 Å². The molecular formula is C20H16F5N3O3. The first-order chi connectivity index (χ1) is 14.4. The van der Waals surface area contributed by atoms with Crippen molar-refractivity contribution in [2.75, 3.05) is 0 Å². The number of aromatic nitrogens is 3. The van der Waals surface area contributed by atoms with Crippen LogP contribution in [0.15, 0.2) is 30.6 Å². The lowest BCUT2D eigenvalue weighted by atomic mass is 9.90. The maximum atomic E-state index is 13.8. The van der Waals surface area contributed by atoms with E-state index in [4.69, 9.17) is 0 Å². The summed E-state index contributed by atoms with van der Waals surface area (Å²) in [7, 11) is 0. The van der Waals surface area contributed by atoms with Crippen LogP contribution in [-0.4, -0.2) is 31.5 Å². The fraction of sp³-hybridized carbons (Fsp3) is 0.300. The SMILES string of the molecule is CC(C)Cc1c(C(=O)n2cnc3ccccc32)c(C(F)F)nc(C(F)(F)F)c1C(=O)O. The molecule has 0 bridgehead atoms. The molecule has 11 heteroatoms. The van der Waals surface area contributed by atoms with Crippen molar-refractivity contribution in [3.05, 3.63) is 58.7 Å². The van der Waals surface area contributed by atoms with Gasteiger partial charge in [-0.25, -0.2) is 23.5 Å². The van der Waals surface area contributed by atoms with Crippen molar-refractivity contribution in [1.29, 1.82) is 0 Å². The Balaban J connectivity index is 2.43. The smallest absolute Gasteiger partial charge is 0.434 e. The maximum Gasteiger partial charge on any atom is 0.434 e. The van der Waals surface area contributed by atoms with E-state index in [9.17, 15) is 36.6 Å². The van der Waals surface area contributed by atoms with Gasteiger partial charge in [-0.1, -0.05) is 26.0 Å². The number of hydrogen-bond donors (Lipinski definition) is 1. The number of nitrogens with zero attached hydrogens (tertiary/aromatic N) is 3. The zero-order chi connectivity index (χ0) is 23.1. The Morgan fingerprint density at radius 3 is 2.32 bits per heavy atom. The monoisotopic (exact) mass is 441 g/mol. The van der Waals surface area contributed by atoms with Crippen LogP contribution in [0.2, 0.25) is 0 Å². The second kappa shape index (κ2) is 8.05. The van der Waals surface area contributed by atoms with Crippen molar-refractivity contribution in [3.8, 4) is 0 Å². The average molecular weight is 441 g/mol. The summed E-state index contributed by atoms with van der Waals surface area (Å²) in [5.41, 5.74) is -5.62. The predicted octanol–water partition coefficient (Wildman–Crippen LogP) is 4.97. The second-order valence-electron chi connectivity index (χ2n) is 7.18. The number of carbonyl (C=O) groups excluding carboxylic acids is 1. The van der Waals surface area contributed by atoms with Crippen LogP contribution < -0.4 is 0 Å². The number of rotatable bonds is 5. The zero-order valence-electron chi connectivity index (χ0n) is 16.2. The Labute approximate surface area is 172 Å². The summed E-state index contributed by atoms with van der Waals surface area (Å²) in [5, 5.41) is 9.50. The maximum absolute atomic E-state index is 13.8. The molecular weight excluding hydrogens is 425 g/mol. The van der Waals surface area contributed by atoms with Crippen LogP contribution >= 0.6 is 0 Å². The lowest BCUT2D eigenvalue weighted by Gasteiger charge is -2.21. The molecule has 2 heterocycles.